The van der Waals surface area contributed by atoms with Crippen molar-refractivity contribution >= 4 is 5.57 Å². The van der Waals surface area contributed by atoms with Gasteiger partial charge in [0.2, 0.25) is 0 Å². The summed E-state index contributed by atoms with van der Waals surface area (Å²) in [5.74, 6) is 0.414. The summed E-state index contributed by atoms with van der Waals surface area (Å²) >= 11 is 0. The van der Waals surface area contributed by atoms with Gasteiger partial charge in [0.25, 0.3) is 0 Å². The summed E-state index contributed by atoms with van der Waals surface area (Å²) in [5, 5.41) is 9.79. The maximum atomic E-state index is 9.79. The van der Waals surface area contributed by atoms with Gasteiger partial charge in [0.05, 0.1) is 0 Å². The maximum Gasteiger partial charge on any atom is 0.125 e. The summed E-state index contributed by atoms with van der Waals surface area (Å²) in [4.78, 5) is 0. The third kappa shape index (κ3) is 1.92. The molecule has 14 heavy (non-hydrogen) atoms. The molecule has 0 spiro atoms. The molecule has 0 aromatic heterocycles. The minimum Gasteiger partial charge on any atom is -0.507 e. The Balaban J connectivity index is 0.000000980. The largest absolute Gasteiger partial charge is 0.507 e. The SMILES string of the molecule is Cc1cccc(C2=CC=CC2)c1O.[Mn]. The number of phenolic OH excluding ortho intramolecular Hbond substituents is 1. The second kappa shape index (κ2) is 4.49. The van der Waals surface area contributed by atoms with Crippen LogP contribution in [0.15, 0.2) is 36.4 Å². The molecule has 0 heterocycles. The van der Waals surface area contributed by atoms with Gasteiger partial charge in [0.15, 0.2) is 0 Å². The molecule has 0 saturated heterocycles. The van der Waals surface area contributed by atoms with Gasteiger partial charge in [-0.15, -0.1) is 0 Å². The number of para-hydroxylation sites is 1. The van der Waals surface area contributed by atoms with Crippen molar-refractivity contribution in [1.82, 2.24) is 0 Å². The minimum absolute atomic E-state index is 0. The van der Waals surface area contributed by atoms with Crippen molar-refractivity contribution in [2.45, 2.75) is 13.3 Å². The molecule has 1 nitrogen and oxygen atoms in total. The Morgan fingerprint density at radius 2 is 2.07 bits per heavy atom. The van der Waals surface area contributed by atoms with Crippen LogP contribution in [0.5, 0.6) is 5.75 Å². The van der Waals surface area contributed by atoms with Crippen LogP contribution in [-0.2, 0) is 17.1 Å². The van der Waals surface area contributed by atoms with E-state index < -0.39 is 0 Å². The van der Waals surface area contributed by atoms with Gasteiger partial charge < -0.3 is 5.11 Å². The predicted octanol–water partition coefficient (Wildman–Crippen LogP) is 3.04. The van der Waals surface area contributed by atoms with E-state index in [1.807, 2.05) is 31.2 Å². The third-order valence-electron chi connectivity index (χ3n) is 2.35. The van der Waals surface area contributed by atoms with Gasteiger partial charge in [-0.25, -0.2) is 0 Å². The smallest absolute Gasteiger partial charge is 0.125 e. The molecule has 0 fully saturated rings. The molecule has 0 bridgehead atoms. The monoisotopic (exact) mass is 227 g/mol. The maximum absolute atomic E-state index is 9.79. The van der Waals surface area contributed by atoms with Gasteiger partial charge in [-0.05, 0) is 24.5 Å². The van der Waals surface area contributed by atoms with E-state index in [1.165, 1.54) is 5.57 Å². The number of allylic oxidation sites excluding steroid dienone is 4. The average molecular weight is 227 g/mol. The number of benzene rings is 1. The van der Waals surface area contributed by atoms with E-state index in [1.54, 1.807) is 0 Å². The first kappa shape index (κ1) is 11.1. The number of aromatic hydroxyl groups is 1. The van der Waals surface area contributed by atoms with Crippen LogP contribution < -0.4 is 0 Å². The molecule has 2 heteroatoms. The van der Waals surface area contributed by atoms with Gasteiger partial charge in [-0.1, -0.05) is 36.4 Å². The Bertz CT molecular complexity index is 391. The van der Waals surface area contributed by atoms with Crippen molar-refractivity contribution in [2.24, 2.45) is 0 Å². The molecule has 0 aliphatic heterocycles. The first-order valence-electron chi connectivity index (χ1n) is 4.43. The van der Waals surface area contributed by atoms with E-state index in [9.17, 15) is 5.11 Å². The van der Waals surface area contributed by atoms with E-state index in [0.29, 0.717) is 5.75 Å². The Kier molecular flexibility index (Phi) is 3.56. The number of hydrogen-bond acceptors (Lipinski definition) is 1. The molecular weight excluding hydrogens is 215 g/mol. The Morgan fingerprint density at radius 1 is 1.29 bits per heavy atom. The zero-order chi connectivity index (χ0) is 9.26. The van der Waals surface area contributed by atoms with Crippen LogP contribution in [0, 0.1) is 6.92 Å². The fourth-order valence-corrected chi connectivity index (χ4v) is 1.57. The second-order valence-corrected chi connectivity index (χ2v) is 3.30. The molecule has 1 radical (unpaired) electrons. The summed E-state index contributed by atoms with van der Waals surface area (Å²) in [6, 6.07) is 5.85. The van der Waals surface area contributed by atoms with Crippen LogP contribution in [0.3, 0.4) is 0 Å². The molecule has 0 atom stereocenters. The van der Waals surface area contributed by atoms with Crippen LogP contribution in [0.25, 0.3) is 5.57 Å². The minimum atomic E-state index is 0. The standard InChI is InChI=1S/C12H12O.Mn/c1-9-5-4-8-11(12(9)13)10-6-2-3-7-10;/h2-6,8,13H,7H2,1H3;. The number of aryl methyl sites for hydroxylation is 1. The fraction of sp³-hybridized carbons (Fsp3) is 0.167. The van der Waals surface area contributed by atoms with E-state index in [2.05, 4.69) is 12.2 Å². The molecule has 1 aromatic carbocycles. The summed E-state index contributed by atoms with van der Waals surface area (Å²) in [7, 11) is 0. The summed E-state index contributed by atoms with van der Waals surface area (Å²) in [5.41, 5.74) is 3.09. The molecule has 1 N–H and O–H groups in total. The number of phenols is 1. The quantitative estimate of drug-likeness (QED) is 0.731. The van der Waals surface area contributed by atoms with Crippen molar-refractivity contribution in [3.63, 3.8) is 0 Å². The summed E-state index contributed by atoms with van der Waals surface area (Å²) in [6.07, 6.45) is 7.10. The van der Waals surface area contributed by atoms with Gasteiger partial charge in [0, 0.05) is 22.6 Å². The van der Waals surface area contributed by atoms with Crippen molar-refractivity contribution < 1.29 is 22.2 Å². The summed E-state index contributed by atoms with van der Waals surface area (Å²) < 4.78 is 0. The normalized spacial score (nSPS) is 13.6. The Morgan fingerprint density at radius 3 is 2.71 bits per heavy atom. The summed E-state index contributed by atoms with van der Waals surface area (Å²) in [6.45, 7) is 1.92. The molecule has 0 amide bonds. The van der Waals surface area contributed by atoms with Crippen molar-refractivity contribution in [3.8, 4) is 5.75 Å². The van der Waals surface area contributed by atoms with Gasteiger partial charge in [-0.3, -0.25) is 0 Å². The number of rotatable bonds is 1. The molecule has 1 aliphatic rings. The van der Waals surface area contributed by atoms with Crippen LogP contribution >= 0.6 is 0 Å². The average Bonchev–Trinajstić information content (AvgIpc) is 2.62. The zero-order valence-corrected chi connectivity index (χ0v) is 9.18. The van der Waals surface area contributed by atoms with Gasteiger partial charge in [0.1, 0.15) is 5.75 Å². The molecule has 1 aromatic rings. The van der Waals surface area contributed by atoms with Crippen LogP contribution in [0.2, 0.25) is 0 Å². The first-order chi connectivity index (χ1) is 6.29. The van der Waals surface area contributed by atoms with Crippen molar-refractivity contribution in [1.29, 1.82) is 0 Å². The predicted molar refractivity (Wildman–Crippen MR) is 54.6 cm³/mol. The molecule has 2 rings (SSSR count). The number of hydrogen-bond donors (Lipinski definition) is 1. The third-order valence-corrected chi connectivity index (χ3v) is 2.35. The van der Waals surface area contributed by atoms with Gasteiger partial charge >= 0.3 is 0 Å². The zero-order valence-electron chi connectivity index (χ0n) is 8.00. The van der Waals surface area contributed by atoms with Crippen LogP contribution in [-0.4, -0.2) is 5.11 Å². The second-order valence-electron chi connectivity index (χ2n) is 3.30. The first-order valence-corrected chi connectivity index (χ1v) is 4.43. The van der Waals surface area contributed by atoms with E-state index in [4.69, 9.17) is 0 Å². The topological polar surface area (TPSA) is 20.2 Å². The van der Waals surface area contributed by atoms with E-state index >= 15 is 0 Å². The molecule has 0 unspecified atom stereocenters. The molecule has 0 saturated carbocycles. The Labute approximate surface area is 94.6 Å². The van der Waals surface area contributed by atoms with Crippen LogP contribution in [0.1, 0.15) is 17.5 Å². The molecule has 1 aliphatic carbocycles. The van der Waals surface area contributed by atoms with Crippen LogP contribution in [0.4, 0.5) is 0 Å². The van der Waals surface area contributed by atoms with E-state index in [-0.39, 0.29) is 17.1 Å². The van der Waals surface area contributed by atoms with E-state index in [0.717, 1.165) is 17.5 Å². The van der Waals surface area contributed by atoms with Crippen molar-refractivity contribution in [3.05, 3.63) is 47.6 Å². The molecule has 73 valence electrons. The molecular formula is C12H12MnO. The fourth-order valence-electron chi connectivity index (χ4n) is 1.57. The Hall–Kier alpha value is -0.981. The van der Waals surface area contributed by atoms with Crippen molar-refractivity contribution in [2.75, 3.05) is 0 Å². The van der Waals surface area contributed by atoms with Gasteiger partial charge in [-0.2, -0.15) is 0 Å².